The van der Waals surface area contributed by atoms with E-state index in [-0.39, 0.29) is 30.0 Å². The van der Waals surface area contributed by atoms with Gasteiger partial charge in [0.25, 0.3) is 0 Å². The topological polar surface area (TPSA) is 68.2 Å². The van der Waals surface area contributed by atoms with Gasteiger partial charge in [-0.2, -0.15) is 5.10 Å². The van der Waals surface area contributed by atoms with E-state index in [1.54, 1.807) is 16.8 Å². The van der Waals surface area contributed by atoms with Crippen molar-refractivity contribution in [1.29, 1.82) is 0 Å². The minimum atomic E-state index is -0.0492. The van der Waals surface area contributed by atoms with Crippen LogP contribution in [-0.4, -0.2) is 22.3 Å². The van der Waals surface area contributed by atoms with Crippen molar-refractivity contribution in [2.45, 2.75) is 19.4 Å². The molecule has 1 aromatic heterocycles. The average molecular weight is 468 g/mol. The van der Waals surface area contributed by atoms with Gasteiger partial charge in [0.1, 0.15) is 0 Å². The molecule has 0 amide bonds. The molecule has 0 aliphatic heterocycles. The van der Waals surface area contributed by atoms with Crippen LogP contribution in [0.3, 0.4) is 0 Å². The molecule has 23 heavy (non-hydrogen) atoms. The Kier molecular flexibility index (Phi) is 8.15. The van der Waals surface area contributed by atoms with E-state index >= 15 is 0 Å². The van der Waals surface area contributed by atoms with Gasteiger partial charge in [-0.1, -0.05) is 29.3 Å². The van der Waals surface area contributed by atoms with Gasteiger partial charge in [0.2, 0.25) is 0 Å². The Hall–Kier alpha value is -0.990. The summed E-state index contributed by atoms with van der Waals surface area (Å²) >= 11 is 12.1. The molecule has 0 spiro atoms. The van der Waals surface area contributed by atoms with Crippen molar-refractivity contribution in [3.05, 3.63) is 51.8 Å². The average Bonchev–Trinajstić information content (AvgIpc) is 2.84. The number of benzene rings is 1. The van der Waals surface area contributed by atoms with Crippen molar-refractivity contribution >= 4 is 53.1 Å². The first-order valence-corrected chi connectivity index (χ1v) is 7.70. The Bertz CT molecular complexity index is 672. The Morgan fingerprint density at radius 3 is 2.78 bits per heavy atom. The first-order chi connectivity index (χ1) is 10.5. The number of nitrogens with one attached hydrogen (secondary N) is 1. The lowest BCUT2D eigenvalue weighted by molar-refractivity contribution is 0.707. The molecule has 0 aliphatic rings. The number of aryl methyl sites for hydroxylation is 1. The van der Waals surface area contributed by atoms with Gasteiger partial charge in [-0.15, -0.1) is 24.0 Å². The highest BCUT2D eigenvalue weighted by Crippen LogP contribution is 2.25. The second-order valence-corrected chi connectivity index (χ2v) is 5.91. The molecule has 2 rings (SSSR count). The highest BCUT2D eigenvalue weighted by atomic mass is 127. The van der Waals surface area contributed by atoms with Crippen LogP contribution in [0.15, 0.2) is 35.6 Å². The number of rotatable bonds is 5. The zero-order valence-electron chi connectivity index (χ0n) is 13.0. The normalized spacial score (nSPS) is 12.6. The van der Waals surface area contributed by atoms with Crippen LogP contribution in [0.1, 0.15) is 24.1 Å². The zero-order chi connectivity index (χ0) is 16.1. The van der Waals surface area contributed by atoms with Crippen LogP contribution in [0.4, 0.5) is 0 Å². The Morgan fingerprint density at radius 1 is 1.43 bits per heavy atom. The molecule has 8 heteroatoms. The molecule has 3 N–H and O–H groups in total. The molecule has 0 fully saturated rings. The van der Waals surface area contributed by atoms with Gasteiger partial charge < -0.3 is 11.1 Å². The summed E-state index contributed by atoms with van der Waals surface area (Å²) in [6.07, 6.45) is 4.59. The van der Waals surface area contributed by atoms with E-state index in [1.807, 2.05) is 32.4 Å². The number of guanidine groups is 1. The molecular formula is C15H20Cl2IN5. The summed E-state index contributed by atoms with van der Waals surface area (Å²) in [5.41, 5.74) is 7.97. The van der Waals surface area contributed by atoms with Gasteiger partial charge in [-0.25, -0.2) is 0 Å². The van der Waals surface area contributed by atoms with Crippen molar-refractivity contribution < 1.29 is 0 Å². The lowest BCUT2D eigenvalue weighted by Crippen LogP contribution is -2.34. The summed E-state index contributed by atoms with van der Waals surface area (Å²) in [5, 5.41) is 8.46. The van der Waals surface area contributed by atoms with Crippen LogP contribution in [-0.2, 0) is 13.5 Å². The molecular weight excluding hydrogens is 448 g/mol. The summed E-state index contributed by atoms with van der Waals surface area (Å²) in [5.74, 6) is 0.391. The maximum absolute atomic E-state index is 6.18. The lowest BCUT2D eigenvalue weighted by Gasteiger charge is -2.16. The van der Waals surface area contributed by atoms with E-state index in [9.17, 15) is 0 Å². The maximum Gasteiger partial charge on any atom is 0.189 e. The molecule has 0 bridgehead atoms. The Labute approximate surface area is 163 Å². The number of hydrogen-bond donors (Lipinski definition) is 2. The molecule has 0 saturated carbocycles. The van der Waals surface area contributed by atoms with Gasteiger partial charge in [0.15, 0.2) is 5.96 Å². The van der Waals surface area contributed by atoms with Crippen LogP contribution >= 0.6 is 47.2 Å². The fourth-order valence-electron chi connectivity index (χ4n) is 2.10. The quantitative estimate of drug-likeness (QED) is 0.401. The molecule has 1 heterocycles. The highest BCUT2D eigenvalue weighted by molar-refractivity contribution is 14.0. The van der Waals surface area contributed by atoms with Crippen molar-refractivity contribution in [3.8, 4) is 0 Å². The third-order valence-electron chi connectivity index (χ3n) is 3.23. The van der Waals surface area contributed by atoms with E-state index in [4.69, 9.17) is 28.9 Å². The van der Waals surface area contributed by atoms with Crippen LogP contribution in [0.2, 0.25) is 10.0 Å². The zero-order valence-corrected chi connectivity index (χ0v) is 16.8. The SMILES string of the molecule is CC(NC(N)=NCCc1cnn(C)c1)c1ccc(Cl)cc1Cl.I. The third kappa shape index (κ3) is 6.19. The van der Waals surface area contributed by atoms with E-state index in [1.165, 1.54) is 0 Å². The monoisotopic (exact) mass is 467 g/mol. The number of aromatic nitrogens is 2. The van der Waals surface area contributed by atoms with E-state index in [0.29, 0.717) is 22.5 Å². The standard InChI is InChI=1S/C15H19Cl2N5.HI/c1-10(13-4-3-12(16)7-14(13)17)21-15(18)19-6-5-11-8-20-22(2)9-11;/h3-4,7-10H,5-6H2,1-2H3,(H3,18,19,21);1H. The van der Waals surface area contributed by atoms with Gasteiger partial charge in [-0.3, -0.25) is 9.67 Å². The minimum Gasteiger partial charge on any atom is -0.370 e. The molecule has 0 radical (unpaired) electrons. The van der Waals surface area contributed by atoms with Crippen LogP contribution in [0.25, 0.3) is 0 Å². The lowest BCUT2D eigenvalue weighted by atomic mass is 10.1. The molecule has 1 aromatic carbocycles. The van der Waals surface area contributed by atoms with Gasteiger partial charge >= 0.3 is 0 Å². The summed E-state index contributed by atoms with van der Waals surface area (Å²) < 4.78 is 1.77. The second-order valence-electron chi connectivity index (χ2n) is 5.07. The summed E-state index contributed by atoms with van der Waals surface area (Å²) in [7, 11) is 1.89. The van der Waals surface area contributed by atoms with E-state index in [2.05, 4.69) is 15.4 Å². The number of aliphatic imine (C=N–C) groups is 1. The largest absolute Gasteiger partial charge is 0.370 e. The van der Waals surface area contributed by atoms with Crippen molar-refractivity contribution in [3.63, 3.8) is 0 Å². The fraction of sp³-hybridized carbons (Fsp3) is 0.333. The second kappa shape index (κ2) is 9.34. The summed E-state index contributed by atoms with van der Waals surface area (Å²) in [4.78, 5) is 4.32. The van der Waals surface area contributed by atoms with Gasteiger partial charge in [0, 0.05) is 29.8 Å². The predicted octanol–water partition coefficient (Wildman–Crippen LogP) is 3.55. The Balaban J connectivity index is 0.00000264. The fourth-order valence-corrected chi connectivity index (χ4v) is 2.68. The van der Waals surface area contributed by atoms with Crippen LogP contribution in [0, 0.1) is 0 Å². The maximum atomic E-state index is 6.18. The first kappa shape index (κ1) is 20.1. The molecule has 126 valence electrons. The predicted molar refractivity (Wildman–Crippen MR) is 107 cm³/mol. The molecule has 0 saturated heterocycles. The minimum absolute atomic E-state index is 0. The smallest absolute Gasteiger partial charge is 0.189 e. The summed E-state index contributed by atoms with van der Waals surface area (Å²) in [6.45, 7) is 2.57. The van der Waals surface area contributed by atoms with Gasteiger partial charge in [-0.05, 0) is 36.6 Å². The Morgan fingerprint density at radius 2 is 2.17 bits per heavy atom. The number of hydrogen-bond acceptors (Lipinski definition) is 2. The van der Waals surface area contributed by atoms with E-state index < -0.39 is 0 Å². The summed E-state index contributed by atoms with van der Waals surface area (Å²) in [6, 6.07) is 5.35. The molecule has 0 aliphatic carbocycles. The number of halogens is 3. The molecule has 1 atom stereocenters. The molecule has 2 aromatic rings. The molecule has 1 unspecified atom stereocenters. The van der Waals surface area contributed by atoms with Crippen LogP contribution < -0.4 is 11.1 Å². The van der Waals surface area contributed by atoms with Crippen molar-refractivity contribution in [2.75, 3.05) is 6.54 Å². The number of nitrogens with zero attached hydrogens (tertiary/aromatic N) is 3. The number of nitrogens with two attached hydrogens (primary N) is 1. The van der Waals surface area contributed by atoms with Crippen molar-refractivity contribution in [2.24, 2.45) is 17.8 Å². The van der Waals surface area contributed by atoms with E-state index in [0.717, 1.165) is 17.5 Å². The van der Waals surface area contributed by atoms with Crippen LogP contribution in [0.5, 0.6) is 0 Å². The molecule has 5 nitrogen and oxygen atoms in total. The van der Waals surface area contributed by atoms with Gasteiger partial charge in [0.05, 0.1) is 12.2 Å². The highest BCUT2D eigenvalue weighted by Gasteiger charge is 2.10. The third-order valence-corrected chi connectivity index (χ3v) is 3.80. The van der Waals surface area contributed by atoms with Crippen molar-refractivity contribution in [1.82, 2.24) is 15.1 Å². The first-order valence-electron chi connectivity index (χ1n) is 6.94.